The lowest BCUT2D eigenvalue weighted by atomic mass is 10.2. The van der Waals surface area contributed by atoms with Crippen molar-refractivity contribution in [1.29, 1.82) is 0 Å². The van der Waals surface area contributed by atoms with Crippen LogP contribution in [-0.4, -0.2) is 64.4 Å². The van der Waals surface area contributed by atoms with E-state index in [1.807, 2.05) is 0 Å². The van der Waals surface area contributed by atoms with Gasteiger partial charge in [0.2, 0.25) is 0 Å². The van der Waals surface area contributed by atoms with E-state index in [0.29, 0.717) is 19.1 Å². The third-order valence-corrected chi connectivity index (χ3v) is 2.51. The summed E-state index contributed by atoms with van der Waals surface area (Å²) in [6, 6.07) is -0.282. The summed E-state index contributed by atoms with van der Waals surface area (Å²) in [7, 11) is 4.86. The van der Waals surface area contributed by atoms with E-state index in [9.17, 15) is 4.79 Å². The van der Waals surface area contributed by atoms with Gasteiger partial charge in [-0.25, -0.2) is 0 Å². The van der Waals surface area contributed by atoms with Gasteiger partial charge in [-0.2, -0.15) is 0 Å². The average Bonchev–Trinajstić information content (AvgIpc) is 2.30. The largest absolute Gasteiger partial charge is 0.468 e. The molecule has 0 aliphatic carbocycles. The Morgan fingerprint density at radius 3 is 2.35 bits per heavy atom. The molecule has 0 aliphatic rings. The summed E-state index contributed by atoms with van der Waals surface area (Å²) in [6.45, 7) is 7.40. The highest BCUT2D eigenvalue weighted by atomic mass is 16.5. The van der Waals surface area contributed by atoms with E-state index in [1.54, 1.807) is 14.2 Å². The zero-order chi connectivity index (χ0) is 13.3. The SMILES string of the molecule is CNC(CN(CCOC)CC(C)C)C(=O)OC. The third kappa shape index (κ3) is 7.31. The lowest BCUT2D eigenvalue weighted by molar-refractivity contribution is -0.143. The Hall–Kier alpha value is -0.650. The highest BCUT2D eigenvalue weighted by molar-refractivity contribution is 5.75. The second kappa shape index (κ2) is 9.39. The minimum atomic E-state index is -0.282. The maximum atomic E-state index is 11.5. The Balaban J connectivity index is 4.31. The number of hydrogen-bond donors (Lipinski definition) is 1. The van der Waals surface area contributed by atoms with Crippen molar-refractivity contribution in [3.8, 4) is 0 Å². The number of rotatable bonds is 9. The van der Waals surface area contributed by atoms with Gasteiger partial charge in [-0.15, -0.1) is 0 Å². The summed E-state index contributed by atoms with van der Waals surface area (Å²) >= 11 is 0. The number of nitrogens with zero attached hydrogens (tertiary/aromatic N) is 1. The first-order valence-corrected chi connectivity index (χ1v) is 6.01. The van der Waals surface area contributed by atoms with Crippen LogP contribution in [0.2, 0.25) is 0 Å². The van der Waals surface area contributed by atoms with Crippen molar-refractivity contribution < 1.29 is 14.3 Å². The van der Waals surface area contributed by atoms with Crippen LogP contribution >= 0.6 is 0 Å². The molecule has 0 heterocycles. The molecule has 0 aliphatic heterocycles. The quantitative estimate of drug-likeness (QED) is 0.595. The van der Waals surface area contributed by atoms with Crippen LogP contribution in [0.1, 0.15) is 13.8 Å². The zero-order valence-corrected chi connectivity index (χ0v) is 11.7. The number of likely N-dealkylation sites (N-methyl/N-ethyl adjacent to an activating group) is 1. The molecule has 17 heavy (non-hydrogen) atoms. The van der Waals surface area contributed by atoms with Gasteiger partial charge < -0.3 is 14.8 Å². The number of hydrogen-bond acceptors (Lipinski definition) is 5. The monoisotopic (exact) mass is 246 g/mol. The Bertz CT molecular complexity index is 210. The zero-order valence-electron chi connectivity index (χ0n) is 11.7. The van der Waals surface area contributed by atoms with Crippen molar-refractivity contribution in [2.75, 3.05) is 47.5 Å². The molecule has 0 fully saturated rings. The molecule has 0 spiro atoms. The van der Waals surface area contributed by atoms with Crippen LogP contribution in [0.15, 0.2) is 0 Å². The van der Waals surface area contributed by atoms with Crippen LogP contribution in [0, 0.1) is 5.92 Å². The fourth-order valence-corrected chi connectivity index (χ4v) is 1.68. The molecular formula is C12H26N2O3. The standard InChI is InChI=1S/C12H26N2O3/c1-10(2)8-14(6-7-16-4)9-11(13-3)12(15)17-5/h10-11,13H,6-9H2,1-5H3. The van der Waals surface area contributed by atoms with E-state index in [4.69, 9.17) is 9.47 Å². The molecule has 0 bridgehead atoms. The van der Waals surface area contributed by atoms with E-state index in [2.05, 4.69) is 24.1 Å². The first-order chi connectivity index (χ1) is 8.04. The highest BCUT2D eigenvalue weighted by Crippen LogP contribution is 2.01. The molecular weight excluding hydrogens is 220 g/mol. The van der Waals surface area contributed by atoms with Crippen molar-refractivity contribution in [2.24, 2.45) is 5.92 Å². The summed E-state index contributed by atoms with van der Waals surface area (Å²) in [5.41, 5.74) is 0. The molecule has 0 aromatic carbocycles. The maximum absolute atomic E-state index is 11.5. The van der Waals surface area contributed by atoms with Gasteiger partial charge in [0.15, 0.2) is 0 Å². The number of carbonyl (C=O) groups is 1. The normalized spacial score (nSPS) is 13.1. The Kier molecular flexibility index (Phi) is 9.03. The summed E-state index contributed by atoms with van der Waals surface area (Å²) in [4.78, 5) is 13.7. The summed E-state index contributed by atoms with van der Waals surface area (Å²) < 4.78 is 9.83. The molecule has 0 aromatic heterocycles. The van der Waals surface area contributed by atoms with Crippen LogP contribution in [0.3, 0.4) is 0 Å². The molecule has 0 aromatic rings. The van der Waals surface area contributed by atoms with Gasteiger partial charge in [0.05, 0.1) is 13.7 Å². The Morgan fingerprint density at radius 1 is 1.29 bits per heavy atom. The van der Waals surface area contributed by atoms with E-state index in [0.717, 1.165) is 13.1 Å². The van der Waals surface area contributed by atoms with Gasteiger partial charge in [0, 0.05) is 26.7 Å². The minimum Gasteiger partial charge on any atom is -0.468 e. The van der Waals surface area contributed by atoms with Crippen molar-refractivity contribution in [3.05, 3.63) is 0 Å². The number of ether oxygens (including phenoxy) is 2. The molecule has 0 radical (unpaired) electrons. The number of carbonyl (C=O) groups excluding carboxylic acids is 1. The second-order valence-corrected chi connectivity index (χ2v) is 4.51. The van der Waals surface area contributed by atoms with Crippen LogP contribution in [-0.2, 0) is 14.3 Å². The molecule has 1 atom stereocenters. The van der Waals surface area contributed by atoms with Gasteiger partial charge in [0.25, 0.3) is 0 Å². The maximum Gasteiger partial charge on any atom is 0.324 e. The average molecular weight is 246 g/mol. The summed E-state index contributed by atoms with van der Waals surface area (Å²) in [5, 5.41) is 2.98. The molecule has 1 N–H and O–H groups in total. The van der Waals surface area contributed by atoms with Crippen molar-refractivity contribution in [2.45, 2.75) is 19.9 Å². The predicted octanol–water partition coefficient (Wildman–Crippen LogP) is 0.352. The Morgan fingerprint density at radius 2 is 1.94 bits per heavy atom. The number of methoxy groups -OCH3 is 2. The van der Waals surface area contributed by atoms with E-state index in [-0.39, 0.29) is 12.0 Å². The van der Waals surface area contributed by atoms with E-state index < -0.39 is 0 Å². The van der Waals surface area contributed by atoms with E-state index >= 15 is 0 Å². The smallest absolute Gasteiger partial charge is 0.324 e. The Labute approximate surface area is 104 Å². The first kappa shape index (κ1) is 16.4. The molecule has 5 nitrogen and oxygen atoms in total. The minimum absolute atomic E-state index is 0.223. The molecule has 0 rings (SSSR count). The fraction of sp³-hybridized carbons (Fsp3) is 0.917. The predicted molar refractivity (Wildman–Crippen MR) is 68.0 cm³/mol. The van der Waals surface area contributed by atoms with E-state index in [1.165, 1.54) is 7.11 Å². The lowest BCUT2D eigenvalue weighted by Gasteiger charge is -2.27. The summed E-state index contributed by atoms with van der Waals surface area (Å²) in [6.07, 6.45) is 0. The molecule has 5 heteroatoms. The lowest BCUT2D eigenvalue weighted by Crippen LogP contribution is -2.47. The topological polar surface area (TPSA) is 50.8 Å². The highest BCUT2D eigenvalue weighted by Gasteiger charge is 2.20. The van der Waals surface area contributed by atoms with Crippen LogP contribution < -0.4 is 5.32 Å². The van der Waals surface area contributed by atoms with Gasteiger partial charge in [0.1, 0.15) is 6.04 Å². The van der Waals surface area contributed by atoms with Gasteiger partial charge in [-0.1, -0.05) is 13.8 Å². The number of esters is 1. The van der Waals surface area contributed by atoms with Crippen LogP contribution in [0.25, 0.3) is 0 Å². The molecule has 1 unspecified atom stereocenters. The van der Waals surface area contributed by atoms with Crippen molar-refractivity contribution in [3.63, 3.8) is 0 Å². The van der Waals surface area contributed by atoms with Crippen LogP contribution in [0.4, 0.5) is 0 Å². The fourth-order valence-electron chi connectivity index (χ4n) is 1.68. The molecule has 102 valence electrons. The summed E-state index contributed by atoms with van der Waals surface area (Å²) in [5.74, 6) is 0.334. The van der Waals surface area contributed by atoms with Crippen LogP contribution in [0.5, 0.6) is 0 Å². The first-order valence-electron chi connectivity index (χ1n) is 6.01. The second-order valence-electron chi connectivity index (χ2n) is 4.51. The number of nitrogens with one attached hydrogen (secondary N) is 1. The van der Waals surface area contributed by atoms with Crippen molar-refractivity contribution >= 4 is 5.97 Å². The van der Waals surface area contributed by atoms with Gasteiger partial charge >= 0.3 is 5.97 Å². The molecule has 0 amide bonds. The van der Waals surface area contributed by atoms with Crippen molar-refractivity contribution in [1.82, 2.24) is 10.2 Å². The molecule has 0 saturated heterocycles. The van der Waals surface area contributed by atoms with Gasteiger partial charge in [-0.3, -0.25) is 9.69 Å². The molecule has 0 saturated carbocycles. The third-order valence-electron chi connectivity index (χ3n) is 2.51. The van der Waals surface area contributed by atoms with Gasteiger partial charge in [-0.05, 0) is 13.0 Å².